The number of nitrogens with two attached hydrogens (primary N) is 1. The number of piperidine rings is 2. The molecule has 7 heteroatoms. The molecule has 0 unspecified atom stereocenters. The number of hydrogen-bond acceptors (Lipinski definition) is 5. The van der Waals surface area contributed by atoms with Gasteiger partial charge >= 0.3 is 0 Å². The highest BCUT2D eigenvalue weighted by Gasteiger charge is 2.28. The number of amides is 2. The minimum atomic E-state index is -0.131. The lowest BCUT2D eigenvalue weighted by atomic mass is 9.96. The van der Waals surface area contributed by atoms with E-state index in [0.717, 1.165) is 25.9 Å². The second-order valence-corrected chi connectivity index (χ2v) is 6.07. The average Bonchev–Trinajstić information content (AvgIpc) is 2.55. The molecule has 7 nitrogen and oxygen atoms in total. The van der Waals surface area contributed by atoms with E-state index in [-0.39, 0.29) is 24.3 Å². The maximum Gasteiger partial charge on any atom is 0.237 e. The molecule has 2 heterocycles. The number of aliphatic hydroxyl groups excluding tert-OH is 1. The first-order valence-corrected chi connectivity index (χ1v) is 7.75. The smallest absolute Gasteiger partial charge is 0.237 e. The highest BCUT2D eigenvalue weighted by molar-refractivity contribution is 5.80. The standard InChI is InChI=1S/C14H26N4O3/c15-16-14(21)12-3-7-18(8-4-12)13(20)9-17-5-1-11(10-19)2-6-17/h11-12,19H,1-10,15H2,(H,16,21). The molecule has 0 atom stereocenters. The van der Waals surface area contributed by atoms with Gasteiger partial charge in [-0.2, -0.15) is 0 Å². The van der Waals surface area contributed by atoms with Crippen LogP contribution in [0.4, 0.5) is 0 Å². The van der Waals surface area contributed by atoms with Crippen LogP contribution >= 0.6 is 0 Å². The van der Waals surface area contributed by atoms with E-state index in [2.05, 4.69) is 10.3 Å². The first-order chi connectivity index (χ1) is 10.1. The summed E-state index contributed by atoms with van der Waals surface area (Å²) in [5, 5.41) is 9.12. The molecule has 0 radical (unpaired) electrons. The minimum absolute atomic E-state index is 0.0700. The second kappa shape index (κ2) is 7.72. The zero-order valence-corrected chi connectivity index (χ0v) is 12.5. The van der Waals surface area contributed by atoms with Gasteiger partial charge in [0.15, 0.2) is 0 Å². The summed E-state index contributed by atoms with van der Waals surface area (Å²) >= 11 is 0. The largest absolute Gasteiger partial charge is 0.396 e. The number of nitrogens with zero attached hydrogens (tertiary/aromatic N) is 2. The fourth-order valence-corrected chi connectivity index (χ4v) is 3.13. The first kappa shape index (κ1) is 16.2. The van der Waals surface area contributed by atoms with Crippen LogP contribution in [0.25, 0.3) is 0 Å². The Hall–Kier alpha value is -1.18. The van der Waals surface area contributed by atoms with Gasteiger partial charge in [0.05, 0.1) is 6.54 Å². The number of carbonyl (C=O) groups is 2. The highest BCUT2D eigenvalue weighted by atomic mass is 16.3. The van der Waals surface area contributed by atoms with Crippen molar-refractivity contribution in [2.75, 3.05) is 39.3 Å². The Morgan fingerprint density at radius 2 is 1.71 bits per heavy atom. The number of carbonyl (C=O) groups excluding carboxylic acids is 2. The number of rotatable bonds is 4. The fourth-order valence-electron chi connectivity index (χ4n) is 3.13. The summed E-state index contributed by atoms with van der Waals surface area (Å²) in [6.07, 6.45) is 3.29. The molecule has 0 aromatic rings. The van der Waals surface area contributed by atoms with Crippen LogP contribution in [0.3, 0.4) is 0 Å². The Morgan fingerprint density at radius 1 is 1.10 bits per heavy atom. The van der Waals surface area contributed by atoms with E-state index < -0.39 is 0 Å². The number of aliphatic hydroxyl groups is 1. The molecule has 2 aliphatic rings. The van der Waals surface area contributed by atoms with Gasteiger partial charge in [-0.05, 0) is 44.7 Å². The topological polar surface area (TPSA) is 98.9 Å². The highest BCUT2D eigenvalue weighted by Crippen LogP contribution is 2.19. The molecule has 0 aromatic heterocycles. The molecule has 0 aliphatic carbocycles. The molecule has 2 aliphatic heterocycles. The lowest BCUT2D eigenvalue weighted by Gasteiger charge is -2.35. The van der Waals surface area contributed by atoms with E-state index >= 15 is 0 Å². The summed E-state index contributed by atoms with van der Waals surface area (Å²) in [6.45, 7) is 3.71. The van der Waals surface area contributed by atoms with Gasteiger partial charge in [-0.15, -0.1) is 0 Å². The van der Waals surface area contributed by atoms with Crippen molar-refractivity contribution >= 4 is 11.8 Å². The van der Waals surface area contributed by atoms with E-state index in [0.29, 0.717) is 38.4 Å². The monoisotopic (exact) mass is 298 g/mol. The second-order valence-electron chi connectivity index (χ2n) is 6.07. The van der Waals surface area contributed by atoms with Gasteiger partial charge < -0.3 is 10.0 Å². The zero-order valence-electron chi connectivity index (χ0n) is 12.5. The fraction of sp³-hybridized carbons (Fsp3) is 0.857. The maximum atomic E-state index is 12.3. The number of nitrogens with one attached hydrogen (secondary N) is 1. The van der Waals surface area contributed by atoms with Crippen LogP contribution in [0.5, 0.6) is 0 Å². The molecule has 2 amide bonds. The summed E-state index contributed by atoms with van der Waals surface area (Å²) in [5.41, 5.74) is 2.18. The summed E-state index contributed by atoms with van der Waals surface area (Å²) in [5.74, 6) is 5.47. The molecule has 0 bridgehead atoms. The van der Waals surface area contributed by atoms with Crippen LogP contribution in [0, 0.1) is 11.8 Å². The predicted octanol–water partition coefficient (Wildman–Crippen LogP) is -1.08. The van der Waals surface area contributed by atoms with Crippen LogP contribution in [-0.4, -0.2) is 66.1 Å². The Kier molecular flexibility index (Phi) is 5.96. The van der Waals surface area contributed by atoms with Crippen molar-refractivity contribution in [2.45, 2.75) is 25.7 Å². The van der Waals surface area contributed by atoms with E-state index in [1.165, 1.54) is 0 Å². The third-order valence-electron chi connectivity index (χ3n) is 4.68. The van der Waals surface area contributed by atoms with Gasteiger partial charge in [-0.25, -0.2) is 5.84 Å². The molecular weight excluding hydrogens is 272 g/mol. The molecule has 0 saturated carbocycles. The van der Waals surface area contributed by atoms with Crippen molar-refractivity contribution in [2.24, 2.45) is 17.7 Å². The van der Waals surface area contributed by atoms with Crippen LogP contribution in [0.2, 0.25) is 0 Å². The minimum Gasteiger partial charge on any atom is -0.396 e. The summed E-state index contributed by atoms with van der Waals surface area (Å²) in [4.78, 5) is 27.7. The van der Waals surface area contributed by atoms with Crippen LogP contribution < -0.4 is 11.3 Å². The van der Waals surface area contributed by atoms with E-state index in [9.17, 15) is 9.59 Å². The third-order valence-corrected chi connectivity index (χ3v) is 4.68. The number of hydrogen-bond donors (Lipinski definition) is 3. The van der Waals surface area contributed by atoms with Gasteiger partial charge in [0.2, 0.25) is 11.8 Å². The first-order valence-electron chi connectivity index (χ1n) is 7.75. The lowest BCUT2D eigenvalue weighted by molar-refractivity contribution is -0.136. The van der Waals surface area contributed by atoms with Gasteiger partial charge in [0.1, 0.15) is 0 Å². The van der Waals surface area contributed by atoms with E-state index in [1.807, 2.05) is 4.90 Å². The normalized spacial score (nSPS) is 22.3. The van der Waals surface area contributed by atoms with Crippen molar-refractivity contribution in [3.05, 3.63) is 0 Å². The molecule has 2 rings (SSSR count). The molecule has 4 N–H and O–H groups in total. The van der Waals surface area contributed by atoms with Gasteiger partial charge in [0, 0.05) is 25.6 Å². The van der Waals surface area contributed by atoms with E-state index in [1.54, 1.807) is 0 Å². The summed E-state index contributed by atoms with van der Waals surface area (Å²) < 4.78 is 0. The zero-order chi connectivity index (χ0) is 15.2. The maximum absolute atomic E-state index is 12.3. The van der Waals surface area contributed by atoms with Crippen LogP contribution in [0.15, 0.2) is 0 Å². The van der Waals surface area contributed by atoms with Gasteiger partial charge in [-0.3, -0.25) is 19.9 Å². The molecule has 0 spiro atoms. The molecule has 120 valence electrons. The number of likely N-dealkylation sites (tertiary alicyclic amines) is 2. The third kappa shape index (κ3) is 4.39. The van der Waals surface area contributed by atoms with Gasteiger partial charge in [-0.1, -0.05) is 0 Å². The van der Waals surface area contributed by atoms with Crippen molar-refractivity contribution in [1.29, 1.82) is 0 Å². The number of hydrazine groups is 1. The van der Waals surface area contributed by atoms with Crippen molar-refractivity contribution in [3.63, 3.8) is 0 Å². The van der Waals surface area contributed by atoms with Crippen LogP contribution in [0.1, 0.15) is 25.7 Å². The Bertz CT molecular complexity index is 361. The lowest BCUT2D eigenvalue weighted by Crippen LogP contribution is -2.48. The molecule has 0 aromatic carbocycles. The Morgan fingerprint density at radius 3 is 2.24 bits per heavy atom. The SMILES string of the molecule is NNC(=O)C1CCN(C(=O)CN2CCC(CO)CC2)CC1. The van der Waals surface area contributed by atoms with Crippen molar-refractivity contribution in [3.8, 4) is 0 Å². The molecular formula is C14H26N4O3. The quantitative estimate of drug-likeness (QED) is 0.348. The molecule has 2 saturated heterocycles. The predicted molar refractivity (Wildman–Crippen MR) is 77.9 cm³/mol. The Labute approximate surface area is 125 Å². The summed E-state index contributed by atoms with van der Waals surface area (Å²) in [6, 6.07) is 0. The summed E-state index contributed by atoms with van der Waals surface area (Å²) in [7, 11) is 0. The average molecular weight is 298 g/mol. The van der Waals surface area contributed by atoms with Crippen molar-refractivity contribution < 1.29 is 14.7 Å². The molecule has 21 heavy (non-hydrogen) atoms. The molecule has 2 fully saturated rings. The van der Waals surface area contributed by atoms with Crippen molar-refractivity contribution in [1.82, 2.24) is 15.2 Å². The van der Waals surface area contributed by atoms with Crippen LogP contribution in [-0.2, 0) is 9.59 Å². The van der Waals surface area contributed by atoms with E-state index in [4.69, 9.17) is 10.9 Å². The Balaban J connectivity index is 1.71. The van der Waals surface area contributed by atoms with Gasteiger partial charge in [0.25, 0.3) is 0 Å².